The number of hydrogen-bond donors (Lipinski definition) is 1. The van der Waals surface area contributed by atoms with Crippen LogP contribution in [0.1, 0.15) is 12.8 Å². The van der Waals surface area contributed by atoms with E-state index in [4.69, 9.17) is 4.74 Å². The molecule has 0 aliphatic carbocycles. The minimum atomic E-state index is -3.44. The molecule has 4 nitrogen and oxygen atoms in total. The molecule has 1 aliphatic heterocycles. The van der Waals surface area contributed by atoms with Crippen LogP contribution in [0.15, 0.2) is 33.6 Å². The highest BCUT2D eigenvalue weighted by molar-refractivity contribution is 9.10. The number of sulfonamides is 1. The molecule has 1 heterocycles. The van der Waals surface area contributed by atoms with Gasteiger partial charge in [-0.05, 0) is 40.9 Å². The topological polar surface area (TPSA) is 55.4 Å². The molecule has 0 saturated carbocycles. The second-order valence-electron chi connectivity index (χ2n) is 3.94. The fourth-order valence-electron chi connectivity index (χ4n) is 1.76. The summed E-state index contributed by atoms with van der Waals surface area (Å²) in [4.78, 5) is 0.284. The van der Waals surface area contributed by atoms with Gasteiger partial charge >= 0.3 is 0 Å². The lowest BCUT2D eigenvalue weighted by atomic mass is 10.1. The van der Waals surface area contributed by atoms with Crippen molar-refractivity contribution in [3.63, 3.8) is 0 Å². The second kappa shape index (κ2) is 5.48. The van der Waals surface area contributed by atoms with E-state index in [0.717, 1.165) is 12.8 Å². The predicted molar refractivity (Wildman–Crippen MR) is 68.3 cm³/mol. The lowest BCUT2D eigenvalue weighted by Crippen LogP contribution is -2.38. The maximum atomic E-state index is 12.1. The Morgan fingerprint density at radius 2 is 1.88 bits per heavy atom. The van der Waals surface area contributed by atoms with E-state index in [2.05, 4.69) is 20.7 Å². The van der Waals surface area contributed by atoms with Crippen LogP contribution in [0.25, 0.3) is 0 Å². The van der Waals surface area contributed by atoms with Gasteiger partial charge in [0, 0.05) is 23.7 Å². The van der Waals surface area contributed by atoms with Crippen molar-refractivity contribution in [2.45, 2.75) is 23.8 Å². The Hall–Kier alpha value is -0.430. The van der Waals surface area contributed by atoms with Gasteiger partial charge in [-0.25, -0.2) is 13.1 Å². The first kappa shape index (κ1) is 13.0. The summed E-state index contributed by atoms with van der Waals surface area (Å²) in [7, 11) is -3.44. The third kappa shape index (κ3) is 3.28. The molecular weight excluding hydrogens is 306 g/mol. The van der Waals surface area contributed by atoms with Crippen molar-refractivity contribution in [1.29, 1.82) is 0 Å². The number of rotatable bonds is 3. The van der Waals surface area contributed by atoms with Gasteiger partial charge in [0.2, 0.25) is 10.0 Å². The van der Waals surface area contributed by atoms with Crippen LogP contribution >= 0.6 is 15.9 Å². The molecule has 0 spiro atoms. The summed E-state index contributed by atoms with van der Waals surface area (Å²) >= 11 is 3.25. The smallest absolute Gasteiger partial charge is 0.241 e. The molecule has 6 heteroatoms. The molecule has 0 unspecified atom stereocenters. The van der Waals surface area contributed by atoms with Crippen LogP contribution in [-0.4, -0.2) is 27.7 Å². The van der Waals surface area contributed by atoms with Crippen molar-refractivity contribution in [2.24, 2.45) is 0 Å². The van der Waals surface area contributed by atoms with Crippen LogP contribution in [0.2, 0.25) is 0 Å². The molecule has 0 aromatic heterocycles. The van der Waals surface area contributed by atoms with Crippen LogP contribution in [-0.2, 0) is 14.8 Å². The number of ether oxygens (including phenoxy) is 1. The van der Waals surface area contributed by atoms with E-state index in [0.29, 0.717) is 17.7 Å². The Kier molecular flexibility index (Phi) is 4.19. The van der Waals surface area contributed by atoms with Crippen molar-refractivity contribution < 1.29 is 13.2 Å². The highest BCUT2D eigenvalue weighted by Gasteiger charge is 2.23. The third-order valence-electron chi connectivity index (χ3n) is 2.67. The summed E-state index contributed by atoms with van der Waals surface area (Å²) in [5.41, 5.74) is 0. The fourth-order valence-corrected chi connectivity index (χ4v) is 4.07. The standard InChI is InChI=1S/C11H14BrNO3S/c12-10-3-1-2-4-11(10)17(14,15)13-9-5-7-16-8-6-9/h1-4,9,13H,5-8H2. The first-order valence-corrected chi connectivity index (χ1v) is 7.72. The Balaban J connectivity index is 2.16. The summed E-state index contributed by atoms with van der Waals surface area (Å²) in [6.45, 7) is 1.23. The molecule has 0 atom stereocenters. The summed E-state index contributed by atoms with van der Waals surface area (Å²) in [5.74, 6) is 0. The van der Waals surface area contributed by atoms with E-state index in [1.807, 2.05) is 0 Å². The van der Waals surface area contributed by atoms with Gasteiger partial charge in [-0.3, -0.25) is 0 Å². The quantitative estimate of drug-likeness (QED) is 0.925. The van der Waals surface area contributed by atoms with Crippen LogP contribution < -0.4 is 4.72 Å². The molecule has 0 amide bonds. The molecule has 0 radical (unpaired) electrons. The molecule has 1 aromatic rings. The monoisotopic (exact) mass is 319 g/mol. The normalized spacial score (nSPS) is 18.2. The first-order chi connectivity index (χ1) is 8.09. The van der Waals surface area contributed by atoms with E-state index in [-0.39, 0.29) is 10.9 Å². The van der Waals surface area contributed by atoms with Gasteiger partial charge in [0.15, 0.2) is 0 Å². The third-order valence-corrected chi connectivity index (χ3v) is 5.20. The van der Waals surface area contributed by atoms with E-state index in [9.17, 15) is 8.42 Å². The predicted octanol–water partition coefficient (Wildman–Crippen LogP) is 1.91. The fraction of sp³-hybridized carbons (Fsp3) is 0.455. The molecule has 94 valence electrons. The second-order valence-corrected chi connectivity index (χ2v) is 6.48. The molecule has 1 aliphatic rings. The number of halogens is 1. The van der Waals surface area contributed by atoms with Crippen LogP contribution in [0.3, 0.4) is 0 Å². The maximum Gasteiger partial charge on any atom is 0.241 e. The zero-order chi connectivity index (χ0) is 12.3. The first-order valence-electron chi connectivity index (χ1n) is 5.44. The minimum absolute atomic E-state index is 0.0270. The van der Waals surface area contributed by atoms with Gasteiger partial charge in [0.05, 0.1) is 4.90 Å². The zero-order valence-corrected chi connectivity index (χ0v) is 11.6. The van der Waals surface area contributed by atoms with Gasteiger partial charge in [-0.15, -0.1) is 0 Å². The van der Waals surface area contributed by atoms with Crippen LogP contribution in [0.4, 0.5) is 0 Å². The van der Waals surface area contributed by atoms with Crippen molar-refractivity contribution >= 4 is 26.0 Å². The molecule has 1 N–H and O–H groups in total. The Labute approximate surface area is 110 Å². The van der Waals surface area contributed by atoms with Crippen molar-refractivity contribution in [3.05, 3.63) is 28.7 Å². The molecule has 17 heavy (non-hydrogen) atoms. The molecule has 1 aromatic carbocycles. The Morgan fingerprint density at radius 3 is 2.53 bits per heavy atom. The SMILES string of the molecule is O=S(=O)(NC1CCOCC1)c1ccccc1Br. The van der Waals surface area contributed by atoms with Crippen molar-refractivity contribution in [2.75, 3.05) is 13.2 Å². The van der Waals surface area contributed by atoms with E-state index in [1.165, 1.54) is 0 Å². The maximum absolute atomic E-state index is 12.1. The average molecular weight is 320 g/mol. The number of nitrogens with one attached hydrogen (secondary N) is 1. The van der Waals surface area contributed by atoms with Gasteiger partial charge in [-0.1, -0.05) is 12.1 Å². The highest BCUT2D eigenvalue weighted by Crippen LogP contribution is 2.22. The Morgan fingerprint density at radius 1 is 1.24 bits per heavy atom. The van der Waals surface area contributed by atoms with Gasteiger partial charge in [-0.2, -0.15) is 0 Å². The largest absolute Gasteiger partial charge is 0.381 e. The molecule has 2 rings (SSSR count). The molecular formula is C11H14BrNO3S. The lowest BCUT2D eigenvalue weighted by molar-refractivity contribution is 0.0832. The summed E-state index contributed by atoms with van der Waals surface area (Å²) in [6.07, 6.45) is 1.45. The Bertz CT molecular complexity index is 483. The van der Waals surface area contributed by atoms with Gasteiger partial charge < -0.3 is 4.74 Å². The molecule has 1 saturated heterocycles. The van der Waals surface area contributed by atoms with E-state index in [1.54, 1.807) is 24.3 Å². The number of benzene rings is 1. The van der Waals surface area contributed by atoms with Crippen LogP contribution in [0, 0.1) is 0 Å². The molecule has 1 fully saturated rings. The summed E-state index contributed by atoms with van der Waals surface area (Å²) in [6, 6.07) is 6.78. The van der Waals surface area contributed by atoms with Crippen molar-refractivity contribution in [3.8, 4) is 0 Å². The lowest BCUT2D eigenvalue weighted by Gasteiger charge is -2.23. The summed E-state index contributed by atoms with van der Waals surface area (Å²) < 4.78 is 32.8. The van der Waals surface area contributed by atoms with Crippen LogP contribution in [0.5, 0.6) is 0 Å². The van der Waals surface area contributed by atoms with Crippen molar-refractivity contribution in [1.82, 2.24) is 4.72 Å². The highest BCUT2D eigenvalue weighted by atomic mass is 79.9. The summed E-state index contributed by atoms with van der Waals surface area (Å²) in [5, 5.41) is 0. The van der Waals surface area contributed by atoms with E-state index < -0.39 is 10.0 Å². The van der Waals surface area contributed by atoms with Gasteiger partial charge in [0.1, 0.15) is 0 Å². The average Bonchev–Trinajstić information content (AvgIpc) is 2.30. The van der Waals surface area contributed by atoms with Gasteiger partial charge in [0.25, 0.3) is 0 Å². The minimum Gasteiger partial charge on any atom is -0.381 e. The molecule has 0 bridgehead atoms. The van der Waals surface area contributed by atoms with E-state index >= 15 is 0 Å². The number of hydrogen-bond acceptors (Lipinski definition) is 3. The zero-order valence-electron chi connectivity index (χ0n) is 9.23.